The van der Waals surface area contributed by atoms with E-state index in [0.717, 1.165) is 47.6 Å². The maximum Gasteiger partial charge on any atom is 0.241 e. The second kappa shape index (κ2) is 8.67. The van der Waals surface area contributed by atoms with Gasteiger partial charge in [-0.05, 0) is 62.4 Å². The quantitative estimate of drug-likeness (QED) is 0.734. The lowest BCUT2D eigenvalue weighted by Gasteiger charge is -2.38. The maximum atomic E-state index is 12.5. The number of carbonyl (C=O) groups is 2. The van der Waals surface area contributed by atoms with E-state index in [1.807, 2.05) is 55.5 Å². The van der Waals surface area contributed by atoms with Crippen LogP contribution in [0.25, 0.3) is 0 Å². The number of hydrogen-bond acceptors (Lipinski definition) is 4. The number of ketones is 1. The van der Waals surface area contributed by atoms with Crippen molar-refractivity contribution in [2.75, 3.05) is 36.4 Å². The predicted molar refractivity (Wildman–Crippen MR) is 112 cm³/mol. The summed E-state index contributed by atoms with van der Waals surface area (Å²) in [5, 5.41) is 2.98. The lowest BCUT2D eigenvalue weighted by molar-refractivity contribution is -0.120. The van der Waals surface area contributed by atoms with Gasteiger partial charge in [-0.1, -0.05) is 15.9 Å². The molecule has 2 aromatic carbocycles. The number of carbonyl (C=O) groups excluding carboxylic acids is 2. The van der Waals surface area contributed by atoms with Crippen LogP contribution in [-0.4, -0.2) is 48.8 Å². The van der Waals surface area contributed by atoms with E-state index >= 15 is 0 Å². The zero-order valence-corrected chi connectivity index (χ0v) is 17.2. The number of benzene rings is 2. The van der Waals surface area contributed by atoms with Crippen LogP contribution in [0.1, 0.15) is 24.2 Å². The molecule has 0 spiro atoms. The van der Waals surface area contributed by atoms with Crippen LogP contribution in [0.3, 0.4) is 0 Å². The molecular weight excluding hydrogens is 406 g/mol. The van der Waals surface area contributed by atoms with Gasteiger partial charge in [0.25, 0.3) is 0 Å². The number of amides is 1. The van der Waals surface area contributed by atoms with Gasteiger partial charge in [0, 0.05) is 47.6 Å². The number of nitrogens with zero attached hydrogens (tertiary/aromatic N) is 2. The molecule has 0 unspecified atom stereocenters. The SMILES string of the molecule is CC(=O)c1ccc(N2CCN([C@@H](C)C(=O)Nc3ccc(Br)cc3)CC2)cc1. The zero-order valence-electron chi connectivity index (χ0n) is 15.6. The zero-order chi connectivity index (χ0) is 19.4. The topological polar surface area (TPSA) is 52.7 Å². The Labute approximate surface area is 168 Å². The molecule has 1 N–H and O–H groups in total. The molecule has 5 nitrogen and oxygen atoms in total. The highest BCUT2D eigenvalue weighted by molar-refractivity contribution is 9.10. The Hall–Kier alpha value is -2.18. The number of anilines is 2. The Morgan fingerprint density at radius 2 is 1.56 bits per heavy atom. The molecule has 0 aliphatic carbocycles. The van der Waals surface area contributed by atoms with Crippen molar-refractivity contribution in [3.05, 3.63) is 58.6 Å². The van der Waals surface area contributed by atoms with Crippen LogP contribution >= 0.6 is 15.9 Å². The molecule has 1 amide bonds. The smallest absolute Gasteiger partial charge is 0.241 e. The first kappa shape index (κ1) is 19.6. The molecule has 1 aliphatic heterocycles. The monoisotopic (exact) mass is 429 g/mol. The Morgan fingerprint density at radius 3 is 2.11 bits per heavy atom. The first-order chi connectivity index (χ1) is 12.9. The summed E-state index contributed by atoms with van der Waals surface area (Å²) in [6.45, 7) is 6.89. The van der Waals surface area contributed by atoms with Crippen molar-refractivity contribution in [1.82, 2.24) is 4.90 Å². The number of piperazine rings is 1. The molecule has 1 saturated heterocycles. The van der Waals surface area contributed by atoms with Crippen molar-refractivity contribution in [2.24, 2.45) is 0 Å². The maximum absolute atomic E-state index is 12.5. The van der Waals surface area contributed by atoms with Crippen molar-refractivity contribution in [3.63, 3.8) is 0 Å². The number of rotatable bonds is 5. The fourth-order valence-corrected chi connectivity index (χ4v) is 3.48. The van der Waals surface area contributed by atoms with Gasteiger partial charge in [0.15, 0.2) is 5.78 Å². The Morgan fingerprint density at radius 1 is 0.963 bits per heavy atom. The number of nitrogens with one attached hydrogen (secondary N) is 1. The second-order valence-corrected chi connectivity index (χ2v) is 7.71. The summed E-state index contributed by atoms with van der Waals surface area (Å²) in [4.78, 5) is 28.4. The van der Waals surface area contributed by atoms with E-state index in [2.05, 4.69) is 31.0 Å². The van der Waals surface area contributed by atoms with E-state index in [-0.39, 0.29) is 17.7 Å². The average Bonchev–Trinajstić information content (AvgIpc) is 2.69. The van der Waals surface area contributed by atoms with Gasteiger partial charge in [0.1, 0.15) is 0 Å². The molecular formula is C21H24BrN3O2. The fraction of sp³-hybridized carbons (Fsp3) is 0.333. The summed E-state index contributed by atoms with van der Waals surface area (Å²) in [6.07, 6.45) is 0. The molecule has 0 radical (unpaired) electrons. The first-order valence-corrected chi connectivity index (χ1v) is 9.90. The minimum atomic E-state index is -0.184. The van der Waals surface area contributed by atoms with Crippen molar-refractivity contribution in [1.29, 1.82) is 0 Å². The highest BCUT2D eigenvalue weighted by atomic mass is 79.9. The molecule has 2 aromatic rings. The fourth-order valence-electron chi connectivity index (χ4n) is 3.22. The minimum Gasteiger partial charge on any atom is -0.369 e. The predicted octanol–water partition coefficient (Wildman–Crippen LogP) is 3.80. The summed E-state index contributed by atoms with van der Waals surface area (Å²) >= 11 is 3.40. The van der Waals surface area contributed by atoms with Crippen molar-refractivity contribution >= 4 is 39.0 Å². The largest absolute Gasteiger partial charge is 0.369 e. The van der Waals surface area contributed by atoms with Gasteiger partial charge in [-0.2, -0.15) is 0 Å². The van der Waals surface area contributed by atoms with Crippen molar-refractivity contribution in [3.8, 4) is 0 Å². The van der Waals surface area contributed by atoms with E-state index < -0.39 is 0 Å². The average molecular weight is 430 g/mol. The lowest BCUT2D eigenvalue weighted by Crippen LogP contribution is -2.52. The summed E-state index contributed by atoms with van der Waals surface area (Å²) in [7, 11) is 0. The normalized spacial score (nSPS) is 16.0. The molecule has 3 rings (SSSR count). The van der Waals surface area contributed by atoms with E-state index in [9.17, 15) is 9.59 Å². The highest BCUT2D eigenvalue weighted by Crippen LogP contribution is 2.19. The third kappa shape index (κ3) is 4.96. The molecule has 142 valence electrons. The van der Waals surface area contributed by atoms with Gasteiger partial charge in [0.05, 0.1) is 6.04 Å². The van der Waals surface area contributed by atoms with Gasteiger partial charge in [-0.25, -0.2) is 0 Å². The number of Topliss-reactive ketones (excluding diaryl/α,β-unsaturated/α-hetero) is 1. The highest BCUT2D eigenvalue weighted by Gasteiger charge is 2.25. The van der Waals surface area contributed by atoms with E-state index in [0.29, 0.717) is 0 Å². The third-order valence-corrected chi connectivity index (χ3v) is 5.52. The van der Waals surface area contributed by atoms with Crippen LogP contribution in [0.5, 0.6) is 0 Å². The number of halogens is 1. The molecule has 6 heteroatoms. The van der Waals surface area contributed by atoms with Gasteiger partial charge in [-0.3, -0.25) is 14.5 Å². The Balaban J connectivity index is 1.53. The van der Waals surface area contributed by atoms with Gasteiger partial charge in [0.2, 0.25) is 5.91 Å². The molecule has 1 fully saturated rings. The molecule has 0 saturated carbocycles. The minimum absolute atomic E-state index is 0.0107. The van der Waals surface area contributed by atoms with Gasteiger partial charge in [-0.15, -0.1) is 0 Å². The summed E-state index contributed by atoms with van der Waals surface area (Å²) < 4.78 is 0.987. The van der Waals surface area contributed by atoms with Crippen LogP contribution in [0, 0.1) is 0 Å². The molecule has 0 bridgehead atoms. The molecule has 1 atom stereocenters. The Bertz CT molecular complexity index is 797. The molecule has 1 heterocycles. The van der Waals surface area contributed by atoms with Crippen molar-refractivity contribution < 1.29 is 9.59 Å². The van der Waals surface area contributed by atoms with Crippen LogP contribution in [0.15, 0.2) is 53.0 Å². The molecule has 0 aromatic heterocycles. The Kier molecular flexibility index (Phi) is 6.29. The van der Waals surface area contributed by atoms with Crippen LogP contribution in [0.2, 0.25) is 0 Å². The molecule has 27 heavy (non-hydrogen) atoms. The summed E-state index contributed by atoms with van der Waals surface area (Å²) in [5.41, 5.74) is 2.65. The standard InChI is InChI=1S/C21H24BrN3O2/c1-15(21(27)23-19-7-5-18(22)6-8-19)24-11-13-25(14-12-24)20-9-3-17(4-10-20)16(2)26/h3-10,15H,11-14H2,1-2H3,(H,23,27)/t15-/m0/s1. The third-order valence-electron chi connectivity index (χ3n) is 4.99. The number of hydrogen-bond donors (Lipinski definition) is 1. The van der Waals surface area contributed by atoms with Gasteiger partial charge < -0.3 is 10.2 Å². The summed E-state index contributed by atoms with van der Waals surface area (Å²) in [5.74, 6) is 0.0913. The summed E-state index contributed by atoms with van der Waals surface area (Å²) in [6, 6.07) is 15.2. The van der Waals surface area contributed by atoms with Crippen molar-refractivity contribution in [2.45, 2.75) is 19.9 Å². The lowest BCUT2D eigenvalue weighted by atomic mass is 10.1. The molecule has 1 aliphatic rings. The van der Waals surface area contributed by atoms with E-state index in [1.165, 1.54) is 0 Å². The van der Waals surface area contributed by atoms with Crippen LogP contribution in [-0.2, 0) is 4.79 Å². The van der Waals surface area contributed by atoms with E-state index in [4.69, 9.17) is 0 Å². The van der Waals surface area contributed by atoms with Crippen LogP contribution < -0.4 is 10.2 Å². The van der Waals surface area contributed by atoms with Crippen LogP contribution in [0.4, 0.5) is 11.4 Å². The first-order valence-electron chi connectivity index (χ1n) is 9.10. The van der Waals surface area contributed by atoms with E-state index in [1.54, 1.807) is 6.92 Å². The second-order valence-electron chi connectivity index (χ2n) is 6.80. The van der Waals surface area contributed by atoms with Gasteiger partial charge >= 0.3 is 0 Å².